The minimum Gasteiger partial charge on any atom is -0.300 e. The van der Waals surface area contributed by atoms with Gasteiger partial charge in [0, 0.05) is 23.6 Å². The van der Waals surface area contributed by atoms with E-state index in [1.54, 1.807) is 6.07 Å². The van der Waals surface area contributed by atoms with E-state index >= 15 is 0 Å². The van der Waals surface area contributed by atoms with Gasteiger partial charge in [-0.2, -0.15) is 5.26 Å². The summed E-state index contributed by atoms with van der Waals surface area (Å²) in [7, 11) is 2.21. The Morgan fingerprint density at radius 1 is 1.29 bits per heavy atom. The van der Waals surface area contributed by atoms with E-state index < -0.39 is 0 Å². The lowest BCUT2D eigenvalue weighted by Crippen LogP contribution is -2.51. The largest absolute Gasteiger partial charge is 0.300 e. The minimum absolute atomic E-state index is 0.156. The van der Waals surface area contributed by atoms with Crippen LogP contribution in [0.1, 0.15) is 53.6 Å². The van der Waals surface area contributed by atoms with Gasteiger partial charge in [-0.3, -0.25) is 4.79 Å². The number of aryl methyl sites for hydroxylation is 1. The number of nitrogens with zero attached hydrogens (tertiary/aromatic N) is 2. The SMILES string of the molecule is Cc1cc(C#N)ccc1C(=O)C1CC2CCCC(C1)N2C. The molecule has 2 aliphatic rings. The zero-order valence-corrected chi connectivity index (χ0v) is 12.8. The molecule has 1 aromatic rings. The van der Waals surface area contributed by atoms with Gasteiger partial charge >= 0.3 is 0 Å². The number of hydrogen-bond donors (Lipinski definition) is 0. The average Bonchev–Trinajstić information content (AvgIpc) is 2.46. The van der Waals surface area contributed by atoms with Gasteiger partial charge in [0.15, 0.2) is 5.78 Å². The lowest BCUT2D eigenvalue weighted by Gasteiger charge is -2.46. The Labute approximate surface area is 126 Å². The standard InChI is InChI=1S/C18H22N2O/c1-12-8-13(11-19)6-7-17(12)18(21)14-9-15-4-3-5-16(10-14)20(15)2/h6-8,14-16H,3-5,9-10H2,1-2H3. The third kappa shape index (κ3) is 2.61. The summed E-state index contributed by atoms with van der Waals surface area (Å²) >= 11 is 0. The summed E-state index contributed by atoms with van der Waals surface area (Å²) < 4.78 is 0. The van der Waals surface area contributed by atoms with Crippen molar-refractivity contribution in [3.8, 4) is 6.07 Å². The molecule has 110 valence electrons. The maximum atomic E-state index is 12.9. The van der Waals surface area contributed by atoms with Gasteiger partial charge in [0.1, 0.15) is 0 Å². The Balaban J connectivity index is 1.81. The topological polar surface area (TPSA) is 44.1 Å². The smallest absolute Gasteiger partial charge is 0.166 e. The van der Waals surface area contributed by atoms with Crippen molar-refractivity contribution in [3.05, 3.63) is 34.9 Å². The molecule has 3 heteroatoms. The molecular formula is C18H22N2O. The molecule has 3 nitrogen and oxygen atoms in total. The van der Waals surface area contributed by atoms with Crippen molar-refractivity contribution in [2.45, 2.75) is 51.1 Å². The first kappa shape index (κ1) is 14.3. The Morgan fingerprint density at radius 2 is 1.95 bits per heavy atom. The van der Waals surface area contributed by atoms with E-state index in [2.05, 4.69) is 18.0 Å². The molecule has 2 saturated heterocycles. The van der Waals surface area contributed by atoms with Crippen LogP contribution >= 0.6 is 0 Å². The highest BCUT2D eigenvalue weighted by Gasteiger charge is 2.38. The second-order valence-corrected chi connectivity index (χ2v) is 6.58. The van der Waals surface area contributed by atoms with Crippen LogP contribution in [0.4, 0.5) is 0 Å². The van der Waals surface area contributed by atoms with Crippen molar-refractivity contribution in [1.82, 2.24) is 4.90 Å². The highest BCUT2D eigenvalue weighted by Crippen LogP contribution is 2.37. The van der Waals surface area contributed by atoms with E-state index in [0.29, 0.717) is 17.6 Å². The van der Waals surface area contributed by atoms with E-state index in [9.17, 15) is 4.79 Å². The highest BCUT2D eigenvalue weighted by atomic mass is 16.1. The molecule has 0 aliphatic carbocycles. The number of piperidine rings is 2. The van der Waals surface area contributed by atoms with E-state index in [-0.39, 0.29) is 11.7 Å². The second kappa shape index (κ2) is 5.61. The third-order valence-corrected chi connectivity index (χ3v) is 5.33. The lowest BCUT2D eigenvalue weighted by molar-refractivity contribution is 0.0338. The predicted molar refractivity (Wildman–Crippen MR) is 82.1 cm³/mol. The lowest BCUT2D eigenvalue weighted by atomic mass is 9.75. The Bertz CT molecular complexity index is 588. The van der Waals surface area contributed by atoms with Gasteiger partial charge in [0.2, 0.25) is 0 Å². The second-order valence-electron chi connectivity index (χ2n) is 6.58. The fraction of sp³-hybridized carbons (Fsp3) is 0.556. The normalized spacial score (nSPS) is 28.9. The minimum atomic E-state index is 0.156. The van der Waals surface area contributed by atoms with Crippen LogP contribution in [0.2, 0.25) is 0 Å². The molecule has 2 bridgehead atoms. The molecule has 2 atom stereocenters. The van der Waals surface area contributed by atoms with Crippen LogP contribution in [0.25, 0.3) is 0 Å². The fourth-order valence-corrected chi connectivity index (χ4v) is 4.06. The molecule has 2 heterocycles. The summed E-state index contributed by atoms with van der Waals surface area (Å²) in [5.74, 6) is 0.435. The number of carbonyl (C=O) groups excluding carboxylic acids is 1. The molecule has 2 fully saturated rings. The van der Waals surface area contributed by atoms with Crippen LogP contribution < -0.4 is 0 Å². The van der Waals surface area contributed by atoms with E-state index in [0.717, 1.165) is 24.0 Å². The first-order chi connectivity index (χ1) is 10.1. The monoisotopic (exact) mass is 282 g/mol. The van der Waals surface area contributed by atoms with Crippen molar-refractivity contribution in [1.29, 1.82) is 5.26 Å². The molecule has 0 N–H and O–H groups in total. The van der Waals surface area contributed by atoms with E-state index in [1.165, 1.54) is 19.3 Å². The van der Waals surface area contributed by atoms with Crippen molar-refractivity contribution < 1.29 is 4.79 Å². The predicted octanol–water partition coefficient (Wildman–Crippen LogP) is 3.31. The van der Waals surface area contributed by atoms with Crippen LogP contribution in [0.5, 0.6) is 0 Å². The average molecular weight is 282 g/mol. The molecule has 0 radical (unpaired) electrons. The first-order valence-electron chi connectivity index (χ1n) is 7.87. The molecule has 2 aliphatic heterocycles. The number of carbonyl (C=O) groups is 1. The summed E-state index contributed by atoms with van der Waals surface area (Å²) in [6.07, 6.45) is 5.74. The number of Topliss-reactive ketones (excluding diaryl/α,β-unsaturated/α-hetero) is 1. The van der Waals surface area contributed by atoms with Crippen LogP contribution in [-0.4, -0.2) is 29.8 Å². The number of fused-ring (bicyclic) bond motifs is 2. The summed E-state index contributed by atoms with van der Waals surface area (Å²) in [5.41, 5.74) is 2.37. The Kier molecular flexibility index (Phi) is 3.82. The quantitative estimate of drug-likeness (QED) is 0.782. The summed E-state index contributed by atoms with van der Waals surface area (Å²) in [4.78, 5) is 15.3. The summed E-state index contributed by atoms with van der Waals surface area (Å²) in [5, 5.41) is 8.94. The maximum absolute atomic E-state index is 12.9. The van der Waals surface area contributed by atoms with Crippen LogP contribution in [0, 0.1) is 24.2 Å². The molecule has 2 unspecified atom stereocenters. The summed E-state index contributed by atoms with van der Waals surface area (Å²) in [6.45, 7) is 1.93. The Morgan fingerprint density at radius 3 is 2.52 bits per heavy atom. The number of nitriles is 1. The molecule has 21 heavy (non-hydrogen) atoms. The van der Waals surface area contributed by atoms with Gasteiger partial charge in [-0.1, -0.05) is 6.42 Å². The zero-order valence-electron chi connectivity index (χ0n) is 12.8. The molecular weight excluding hydrogens is 260 g/mol. The van der Waals surface area contributed by atoms with Crippen LogP contribution in [0.15, 0.2) is 18.2 Å². The van der Waals surface area contributed by atoms with Crippen molar-refractivity contribution in [3.63, 3.8) is 0 Å². The van der Waals surface area contributed by atoms with Gasteiger partial charge in [-0.15, -0.1) is 0 Å². The first-order valence-corrected chi connectivity index (χ1v) is 7.87. The van der Waals surface area contributed by atoms with Crippen LogP contribution in [0.3, 0.4) is 0 Å². The molecule has 1 aromatic carbocycles. The van der Waals surface area contributed by atoms with Gasteiger partial charge < -0.3 is 4.90 Å². The van der Waals surface area contributed by atoms with Crippen molar-refractivity contribution in [2.75, 3.05) is 7.05 Å². The van der Waals surface area contributed by atoms with Gasteiger partial charge in [0.25, 0.3) is 0 Å². The molecule has 0 spiro atoms. The molecule has 3 rings (SSSR count). The van der Waals surface area contributed by atoms with Crippen molar-refractivity contribution >= 4 is 5.78 Å². The Hall–Kier alpha value is -1.66. The van der Waals surface area contributed by atoms with E-state index in [1.807, 2.05) is 19.1 Å². The number of rotatable bonds is 2. The van der Waals surface area contributed by atoms with Crippen LogP contribution in [-0.2, 0) is 0 Å². The van der Waals surface area contributed by atoms with Gasteiger partial charge in [0.05, 0.1) is 11.6 Å². The van der Waals surface area contributed by atoms with E-state index in [4.69, 9.17) is 5.26 Å². The van der Waals surface area contributed by atoms with Crippen molar-refractivity contribution in [2.24, 2.45) is 5.92 Å². The maximum Gasteiger partial charge on any atom is 0.166 e. The molecule has 0 amide bonds. The molecule has 0 aromatic heterocycles. The summed E-state index contributed by atoms with van der Waals surface area (Å²) in [6, 6.07) is 8.70. The number of benzene rings is 1. The third-order valence-electron chi connectivity index (χ3n) is 5.33. The molecule has 0 saturated carbocycles. The van der Waals surface area contributed by atoms with Gasteiger partial charge in [-0.05, 0) is 63.4 Å². The number of hydrogen-bond acceptors (Lipinski definition) is 3. The fourth-order valence-electron chi connectivity index (χ4n) is 4.06. The highest BCUT2D eigenvalue weighted by molar-refractivity contribution is 5.99. The van der Waals surface area contributed by atoms with Gasteiger partial charge in [-0.25, -0.2) is 0 Å². The zero-order chi connectivity index (χ0) is 15.0. The number of ketones is 1.